The fraction of sp³-hybridized carbons (Fsp3) is 0.0714. The van der Waals surface area contributed by atoms with Gasteiger partial charge in [-0.1, -0.05) is 6.07 Å². The Hall–Kier alpha value is -2.50. The number of ether oxygens (including phenoxy) is 1. The van der Waals surface area contributed by atoms with E-state index in [1.54, 1.807) is 0 Å². The van der Waals surface area contributed by atoms with E-state index in [4.69, 9.17) is 4.74 Å². The molecule has 0 radical (unpaired) electrons. The molecule has 2 aromatic rings. The Labute approximate surface area is 113 Å². The van der Waals surface area contributed by atoms with E-state index >= 15 is 0 Å². The Morgan fingerprint density at radius 1 is 1.10 bits per heavy atom. The van der Waals surface area contributed by atoms with Crippen molar-refractivity contribution in [3.05, 3.63) is 59.4 Å². The highest BCUT2D eigenvalue weighted by molar-refractivity contribution is 6.04. The molecule has 6 heteroatoms. The van der Waals surface area contributed by atoms with Gasteiger partial charge in [0.2, 0.25) is 0 Å². The molecule has 1 amide bonds. The van der Waals surface area contributed by atoms with E-state index in [0.29, 0.717) is 0 Å². The van der Waals surface area contributed by atoms with E-state index in [-0.39, 0.29) is 11.4 Å². The van der Waals surface area contributed by atoms with Gasteiger partial charge in [0.1, 0.15) is 0 Å². The van der Waals surface area contributed by atoms with Gasteiger partial charge < -0.3 is 10.1 Å². The summed E-state index contributed by atoms with van der Waals surface area (Å²) in [4.78, 5) is 11.8. The van der Waals surface area contributed by atoms with Crippen molar-refractivity contribution < 1.29 is 22.7 Å². The third-order valence-corrected chi connectivity index (χ3v) is 2.61. The van der Waals surface area contributed by atoms with Crippen molar-refractivity contribution in [1.82, 2.24) is 0 Å². The summed E-state index contributed by atoms with van der Waals surface area (Å²) in [7, 11) is 1.27. The molecule has 0 bridgehead atoms. The normalized spacial score (nSPS) is 10.2. The molecule has 2 aromatic carbocycles. The highest BCUT2D eigenvalue weighted by Gasteiger charge is 2.15. The van der Waals surface area contributed by atoms with Gasteiger partial charge in [0.05, 0.1) is 12.7 Å². The van der Waals surface area contributed by atoms with Crippen molar-refractivity contribution in [2.75, 3.05) is 12.4 Å². The van der Waals surface area contributed by atoms with Gasteiger partial charge in [-0.3, -0.25) is 4.79 Å². The topological polar surface area (TPSA) is 38.3 Å². The summed E-state index contributed by atoms with van der Waals surface area (Å²) in [6.07, 6.45) is 0. The first-order valence-corrected chi connectivity index (χ1v) is 5.62. The largest absolute Gasteiger partial charge is 0.494 e. The summed E-state index contributed by atoms with van der Waals surface area (Å²) in [5.74, 6) is -3.85. The van der Waals surface area contributed by atoms with Crippen LogP contribution in [0.5, 0.6) is 5.75 Å². The highest BCUT2D eigenvalue weighted by atomic mass is 19.2. The maximum atomic E-state index is 13.4. The monoisotopic (exact) mass is 281 g/mol. The Kier molecular flexibility index (Phi) is 3.93. The van der Waals surface area contributed by atoms with Gasteiger partial charge in [-0.25, -0.2) is 13.2 Å². The number of halogens is 3. The zero-order chi connectivity index (χ0) is 14.7. The summed E-state index contributed by atoms with van der Waals surface area (Å²) in [6.45, 7) is 0. The second kappa shape index (κ2) is 5.64. The highest BCUT2D eigenvalue weighted by Crippen LogP contribution is 2.22. The number of benzene rings is 2. The van der Waals surface area contributed by atoms with Crippen LogP contribution in [0.25, 0.3) is 0 Å². The van der Waals surface area contributed by atoms with Crippen molar-refractivity contribution >= 4 is 11.6 Å². The van der Waals surface area contributed by atoms with Gasteiger partial charge in [-0.2, -0.15) is 0 Å². The Morgan fingerprint density at radius 2 is 1.85 bits per heavy atom. The van der Waals surface area contributed by atoms with Crippen LogP contribution >= 0.6 is 0 Å². The van der Waals surface area contributed by atoms with Gasteiger partial charge in [0, 0.05) is 11.8 Å². The minimum Gasteiger partial charge on any atom is -0.494 e. The first-order valence-electron chi connectivity index (χ1n) is 5.62. The van der Waals surface area contributed by atoms with Crippen LogP contribution in [-0.4, -0.2) is 13.0 Å². The molecule has 2 rings (SSSR count). The summed E-state index contributed by atoms with van der Waals surface area (Å²) >= 11 is 0. The molecule has 0 saturated carbocycles. The molecular formula is C14H10F3NO2. The Balaban J connectivity index is 2.26. The molecule has 0 aromatic heterocycles. The number of hydrogen-bond acceptors (Lipinski definition) is 2. The second-order valence-electron chi connectivity index (χ2n) is 3.90. The lowest BCUT2D eigenvalue weighted by Crippen LogP contribution is -2.14. The van der Waals surface area contributed by atoms with Crippen molar-refractivity contribution in [1.29, 1.82) is 0 Å². The summed E-state index contributed by atoms with van der Waals surface area (Å²) in [6, 6.07) is 6.90. The number of hydrogen-bond donors (Lipinski definition) is 1. The van der Waals surface area contributed by atoms with E-state index in [1.165, 1.54) is 25.3 Å². The molecule has 104 valence electrons. The summed E-state index contributed by atoms with van der Waals surface area (Å²) in [5.41, 5.74) is -0.231. The minimum atomic E-state index is -1.24. The van der Waals surface area contributed by atoms with Crippen molar-refractivity contribution in [2.45, 2.75) is 0 Å². The zero-order valence-corrected chi connectivity index (χ0v) is 10.4. The van der Waals surface area contributed by atoms with E-state index < -0.39 is 28.9 Å². The molecule has 0 aliphatic rings. The third kappa shape index (κ3) is 2.74. The molecular weight excluding hydrogens is 271 g/mol. The molecule has 0 spiro atoms. The van der Waals surface area contributed by atoms with Crippen LogP contribution in [0.1, 0.15) is 10.4 Å². The average molecular weight is 281 g/mol. The zero-order valence-electron chi connectivity index (χ0n) is 10.4. The van der Waals surface area contributed by atoms with Crippen LogP contribution < -0.4 is 10.1 Å². The Morgan fingerprint density at radius 3 is 2.55 bits per heavy atom. The number of rotatable bonds is 3. The molecule has 0 atom stereocenters. The summed E-state index contributed by atoms with van der Waals surface area (Å²) in [5, 5.41) is 2.34. The lowest BCUT2D eigenvalue weighted by Gasteiger charge is -2.08. The quantitative estimate of drug-likeness (QED) is 0.936. The molecule has 0 fully saturated rings. The predicted molar refractivity (Wildman–Crippen MR) is 67.3 cm³/mol. The third-order valence-electron chi connectivity index (χ3n) is 2.61. The molecule has 0 aliphatic heterocycles. The van der Waals surface area contributed by atoms with E-state index in [2.05, 4.69) is 5.32 Å². The SMILES string of the molecule is COc1cc(NC(=O)c2cccc(F)c2F)ccc1F. The smallest absolute Gasteiger partial charge is 0.258 e. The second-order valence-corrected chi connectivity index (χ2v) is 3.90. The standard InChI is InChI=1S/C14H10F3NO2/c1-20-12-7-8(5-6-10(12)15)18-14(19)9-3-2-4-11(16)13(9)17/h2-7H,1H3,(H,18,19). The number of carbonyl (C=O) groups excluding carboxylic acids is 1. The molecule has 0 saturated heterocycles. The lowest BCUT2D eigenvalue weighted by atomic mass is 10.2. The fourth-order valence-electron chi connectivity index (χ4n) is 1.62. The average Bonchev–Trinajstić information content (AvgIpc) is 2.43. The number of amides is 1. The maximum Gasteiger partial charge on any atom is 0.258 e. The number of anilines is 1. The van der Waals surface area contributed by atoms with Gasteiger partial charge in [-0.15, -0.1) is 0 Å². The first-order chi connectivity index (χ1) is 9.52. The molecule has 20 heavy (non-hydrogen) atoms. The van der Waals surface area contributed by atoms with E-state index in [1.807, 2.05) is 0 Å². The van der Waals surface area contributed by atoms with Crippen molar-refractivity contribution in [2.24, 2.45) is 0 Å². The predicted octanol–water partition coefficient (Wildman–Crippen LogP) is 3.36. The fourth-order valence-corrected chi connectivity index (χ4v) is 1.62. The van der Waals surface area contributed by atoms with Crippen LogP contribution in [0.15, 0.2) is 36.4 Å². The summed E-state index contributed by atoms with van der Waals surface area (Å²) < 4.78 is 44.4. The van der Waals surface area contributed by atoms with Crippen LogP contribution in [0.3, 0.4) is 0 Å². The van der Waals surface area contributed by atoms with Gasteiger partial charge in [0.15, 0.2) is 23.2 Å². The molecule has 1 N–H and O–H groups in total. The maximum absolute atomic E-state index is 13.4. The molecule has 0 heterocycles. The lowest BCUT2D eigenvalue weighted by molar-refractivity contribution is 0.102. The van der Waals surface area contributed by atoms with Crippen LogP contribution in [0, 0.1) is 17.5 Å². The molecule has 0 aliphatic carbocycles. The number of nitrogens with one attached hydrogen (secondary N) is 1. The Bertz CT molecular complexity index is 659. The molecule has 0 unspecified atom stereocenters. The van der Waals surface area contributed by atoms with Crippen LogP contribution in [-0.2, 0) is 0 Å². The van der Waals surface area contributed by atoms with Gasteiger partial charge >= 0.3 is 0 Å². The van der Waals surface area contributed by atoms with E-state index in [9.17, 15) is 18.0 Å². The van der Waals surface area contributed by atoms with Crippen molar-refractivity contribution in [3.63, 3.8) is 0 Å². The van der Waals surface area contributed by atoms with Crippen molar-refractivity contribution in [3.8, 4) is 5.75 Å². The number of methoxy groups -OCH3 is 1. The minimum absolute atomic E-state index is 0.0671. The van der Waals surface area contributed by atoms with E-state index in [0.717, 1.165) is 18.2 Å². The molecule has 3 nitrogen and oxygen atoms in total. The van der Waals surface area contributed by atoms with Crippen LogP contribution in [0.2, 0.25) is 0 Å². The van der Waals surface area contributed by atoms with Crippen LogP contribution in [0.4, 0.5) is 18.9 Å². The first kappa shape index (κ1) is 13.9. The number of carbonyl (C=O) groups is 1. The van der Waals surface area contributed by atoms with Gasteiger partial charge in [-0.05, 0) is 24.3 Å². The van der Waals surface area contributed by atoms with Gasteiger partial charge in [0.25, 0.3) is 5.91 Å².